The van der Waals surface area contributed by atoms with Gasteiger partial charge < -0.3 is 5.32 Å². The van der Waals surface area contributed by atoms with Crippen molar-refractivity contribution < 1.29 is 4.39 Å². The zero-order valence-corrected chi connectivity index (χ0v) is 11.4. The van der Waals surface area contributed by atoms with Gasteiger partial charge >= 0.3 is 0 Å². The van der Waals surface area contributed by atoms with E-state index in [0.717, 1.165) is 6.54 Å². The SMILES string of the molecule is CC(CNCc1cc(C#N)ccc1F)c1ccccc1. The van der Waals surface area contributed by atoms with Gasteiger partial charge in [0.25, 0.3) is 0 Å². The summed E-state index contributed by atoms with van der Waals surface area (Å²) in [7, 11) is 0. The van der Waals surface area contributed by atoms with E-state index in [2.05, 4.69) is 24.4 Å². The fourth-order valence-electron chi connectivity index (χ4n) is 2.10. The molecule has 1 N–H and O–H groups in total. The molecular formula is C17H17FN2. The number of hydrogen-bond donors (Lipinski definition) is 1. The molecule has 2 nitrogen and oxygen atoms in total. The molecule has 0 saturated carbocycles. The average molecular weight is 268 g/mol. The van der Waals surface area contributed by atoms with Crippen molar-refractivity contribution >= 4 is 0 Å². The van der Waals surface area contributed by atoms with E-state index < -0.39 is 0 Å². The second-order valence-corrected chi connectivity index (χ2v) is 4.86. The summed E-state index contributed by atoms with van der Waals surface area (Å²) in [5.74, 6) is 0.0854. The molecule has 0 saturated heterocycles. The summed E-state index contributed by atoms with van der Waals surface area (Å²) in [6, 6.07) is 16.6. The molecule has 0 aliphatic heterocycles. The van der Waals surface area contributed by atoms with Crippen molar-refractivity contribution in [3.8, 4) is 6.07 Å². The summed E-state index contributed by atoms with van der Waals surface area (Å²) in [5, 5.41) is 12.1. The standard InChI is InChI=1S/C17H17FN2/c1-13(15-5-3-2-4-6-15)11-20-12-16-9-14(10-19)7-8-17(16)18/h2-9,13,20H,11-12H2,1H3. The van der Waals surface area contributed by atoms with Crippen molar-refractivity contribution in [2.24, 2.45) is 0 Å². The van der Waals surface area contributed by atoms with Crippen LogP contribution in [0.1, 0.15) is 29.5 Å². The second-order valence-electron chi connectivity index (χ2n) is 4.86. The normalized spacial score (nSPS) is 11.8. The molecule has 2 aromatic carbocycles. The fraction of sp³-hybridized carbons (Fsp3) is 0.235. The molecule has 2 aromatic rings. The van der Waals surface area contributed by atoms with E-state index in [9.17, 15) is 4.39 Å². The highest BCUT2D eigenvalue weighted by atomic mass is 19.1. The molecule has 102 valence electrons. The van der Waals surface area contributed by atoms with Crippen LogP contribution in [0, 0.1) is 17.1 Å². The lowest BCUT2D eigenvalue weighted by Crippen LogP contribution is -2.20. The Bertz CT molecular complexity index is 602. The van der Waals surface area contributed by atoms with Gasteiger partial charge in [0, 0.05) is 18.7 Å². The van der Waals surface area contributed by atoms with Crippen LogP contribution in [0.25, 0.3) is 0 Å². The third-order valence-corrected chi connectivity index (χ3v) is 3.31. The fourth-order valence-corrected chi connectivity index (χ4v) is 2.10. The Morgan fingerprint density at radius 3 is 2.65 bits per heavy atom. The van der Waals surface area contributed by atoms with Crippen molar-refractivity contribution in [3.63, 3.8) is 0 Å². The number of rotatable bonds is 5. The first-order valence-corrected chi connectivity index (χ1v) is 6.65. The lowest BCUT2D eigenvalue weighted by atomic mass is 10.0. The molecule has 0 heterocycles. The molecule has 20 heavy (non-hydrogen) atoms. The van der Waals surface area contributed by atoms with Crippen LogP contribution in [0.5, 0.6) is 0 Å². The Hall–Kier alpha value is -2.18. The monoisotopic (exact) mass is 268 g/mol. The summed E-state index contributed by atoms with van der Waals surface area (Å²) < 4.78 is 13.6. The van der Waals surface area contributed by atoms with Crippen LogP contribution in [-0.4, -0.2) is 6.54 Å². The molecule has 0 amide bonds. The Balaban J connectivity index is 1.92. The number of nitrogens with zero attached hydrogens (tertiary/aromatic N) is 1. The molecule has 1 atom stereocenters. The van der Waals surface area contributed by atoms with Gasteiger partial charge in [0.15, 0.2) is 0 Å². The van der Waals surface area contributed by atoms with Gasteiger partial charge in [-0.1, -0.05) is 37.3 Å². The Kier molecular flexibility index (Phi) is 4.86. The van der Waals surface area contributed by atoms with Crippen LogP contribution in [-0.2, 0) is 6.54 Å². The molecule has 1 unspecified atom stereocenters. The predicted molar refractivity (Wildman–Crippen MR) is 77.7 cm³/mol. The van der Waals surface area contributed by atoms with E-state index >= 15 is 0 Å². The molecule has 0 aliphatic rings. The van der Waals surface area contributed by atoms with Crippen LogP contribution in [0.3, 0.4) is 0 Å². The number of halogens is 1. The quantitative estimate of drug-likeness (QED) is 0.899. The summed E-state index contributed by atoms with van der Waals surface area (Å²) >= 11 is 0. The van der Waals surface area contributed by atoms with Gasteiger partial charge in [-0.15, -0.1) is 0 Å². The zero-order valence-electron chi connectivity index (χ0n) is 11.4. The molecular weight excluding hydrogens is 251 g/mol. The van der Waals surface area contributed by atoms with Gasteiger partial charge in [-0.25, -0.2) is 4.39 Å². The van der Waals surface area contributed by atoms with Gasteiger partial charge in [-0.05, 0) is 29.7 Å². The lowest BCUT2D eigenvalue weighted by molar-refractivity contribution is 0.570. The molecule has 2 rings (SSSR count). The first-order chi connectivity index (χ1) is 9.70. The minimum atomic E-state index is -0.274. The first kappa shape index (κ1) is 14.2. The number of nitriles is 1. The third kappa shape index (κ3) is 3.66. The van der Waals surface area contributed by atoms with E-state index in [1.54, 1.807) is 6.07 Å². The first-order valence-electron chi connectivity index (χ1n) is 6.65. The number of nitrogens with one attached hydrogen (secondary N) is 1. The summed E-state index contributed by atoms with van der Waals surface area (Å²) in [4.78, 5) is 0. The van der Waals surface area contributed by atoms with Crippen LogP contribution >= 0.6 is 0 Å². The average Bonchev–Trinajstić information content (AvgIpc) is 2.50. The molecule has 0 aliphatic carbocycles. The van der Waals surface area contributed by atoms with E-state index in [1.807, 2.05) is 24.3 Å². The molecule has 0 bridgehead atoms. The van der Waals surface area contributed by atoms with Crippen LogP contribution < -0.4 is 5.32 Å². The summed E-state index contributed by atoms with van der Waals surface area (Å²) in [5.41, 5.74) is 2.27. The van der Waals surface area contributed by atoms with E-state index in [4.69, 9.17) is 5.26 Å². The highest BCUT2D eigenvalue weighted by molar-refractivity contribution is 5.33. The van der Waals surface area contributed by atoms with E-state index in [1.165, 1.54) is 17.7 Å². The maximum atomic E-state index is 13.6. The van der Waals surface area contributed by atoms with Crippen LogP contribution in [0.15, 0.2) is 48.5 Å². The van der Waals surface area contributed by atoms with Crippen molar-refractivity contribution in [3.05, 3.63) is 71.0 Å². The highest BCUT2D eigenvalue weighted by Crippen LogP contribution is 2.14. The maximum Gasteiger partial charge on any atom is 0.127 e. The smallest absolute Gasteiger partial charge is 0.127 e. The zero-order chi connectivity index (χ0) is 14.4. The van der Waals surface area contributed by atoms with E-state index in [-0.39, 0.29) is 5.82 Å². The summed E-state index contributed by atoms with van der Waals surface area (Å²) in [6.45, 7) is 3.32. The lowest BCUT2D eigenvalue weighted by Gasteiger charge is -2.13. The van der Waals surface area contributed by atoms with Crippen LogP contribution in [0.2, 0.25) is 0 Å². The number of benzene rings is 2. The second kappa shape index (κ2) is 6.83. The molecule has 0 spiro atoms. The minimum Gasteiger partial charge on any atom is -0.312 e. The van der Waals surface area contributed by atoms with Gasteiger partial charge in [0.05, 0.1) is 11.6 Å². The number of hydrogen-bond acceptors (Lipinski definition) is 2. The van der Waals surface area contributed by atoms with Crippen LogP contribution in [0.4, 0.5) is 4.39 Å². The van der Waals surface area contributed by atoms with Crippen molar-refractivity contribution in [2.45, 2.75) is 19.4 Å². The Morgan fingerprint density at radius 2 is 1.95 bits per heavy atom. The van der Waals surface area contributed by atoms with Crippen molar-refractivity contribution in [2.75, 3.05) is 6.54 Å². The largest absolute Gasteiger partial charge is 0.312 e. The molecule has 3 heteroatoms. The van der Waals surface area contributed by atoms with Crippen molar-refractivity contribution in [1.29, 1.82) is 5.26 Å². The third-order valence-electron chi connectivity index (χ3n) is 3.31. The summed E-state index contributed by atoms with van der Waals surface area (Å²) in [6.07, 6.45) is 0. The highest BCUT2D eigenvalue weighted by Gasteiger charge is 2.06. The van der Waals surface area contributed by atoms with Gasteiger partial charge in [0.2, 0.25) is 0 Å². The Labute approximate surface area is 118 Å². The predicted octanol–water partition coefficient (Wildman–Crippen LogP) is 3.59. The minimum absolute atomic E-state index is 0.274. The topological polar surface area (TPSA) is 35.8 Å². The maximum absolute atomic E-state index is 13.6. The van der Waals surface area contributed by atoms with Gasteiger partial charge in [0.1, 0.15) is 5.82 Å². The van der Waals surface area contributed by atoms with Crippen molar-refractivity contribution in [1.82, 2.24) is 5.32 Å². The van der Waals surface area contributed by atoms with Gasteiger partial charge in [-0.2, -0.15) is 5.26 Å². The Morgan fingerprint density at radius 1 is 1.20 bits per heavy atom. The molecule has 0 fully saturated rings. The van der Waals surface area contributed by atoms with E-state index in [0.29, 0.717) is 23.6 Å². The van der Waals surface area contributed by atoms with Gasteiger partial charge in [-0.3, -0.25) is 0 Å². The molecule has 0 radical (unpaired) electrons. The molecule has 0 aromatic heterocycles.